The van der Waals surface area contributed by atoms with E-state index in [1.165, 1.54) is 4.88 Å². The van der Waals surface area contributed by atoms with Crippen LogP contribution in [-0.2, 0) is 6.42 Å². The van der Waals surface area contributed by atoms with Crippen LogP contribution in [-0.4, -0.2) is 53.8 Å². The van der Waals surface area contributed by atoms with E-state index in [2.05, 4.69) is 29.2 Å². The van der Waals surface area contributed by atoms with Gasteiger partial charge < -0.3 is 15.3 Å². The molecule has 0 saturated carbocycles. The molecule has 0 aliphatic carbocycles. The lowest BCUT2D eigenvalue weighted by Crippen LogP contribution is -2.52. The number of hydrogen-bond donors (Lipinski definition) is 2. The minimum atomic E-state index is -0.546. The van der Waals surface area contributed by atoms with Crippen molar-refractivity contribution in [3.8, 4) is 0 Å². The van der Waals surface area contributed by atoms with Crippen molar-refractivity contribution >= 4 is 11.3 Å². The summed E-state index contributed by atoms with van der Waals surface area (Å²) >= 11 is 1.72. The first-order valence-electron chi connectivity index (χ1n) is 6.60. The van der Waals surface area contributed by atoms with Gasteiger partial charge in [-0.3, -0.25) is 0 Å². The lowest BCUT2D eigenvalue weighted by atomic mass is 9.93. The van der Waals surface area contributed by atoms with Crippen molar-refractivity contribution in [1.82, 2.24) is 15.2 Å². The number of nitrogens with zero attached hydrogens (tertiary/aromatic N) is 2. The zero-order valence-electron chi connectivity index (χ0n) is 11.3. The van der Waals surface area contributed by atoms with Crippen molar-refractivity contribution in [2.75, 3.05) is 33.2 Å². The average Bonchev–Trinajstić information content (AvgIpc) is 2.72. The average molecular weight is 269 g/mol. The third-order valence-corrected chi connectivity index (χ3v) is 4.57. The fourth-order valence-electron chi connectivity index (χ4n) is 2.53. The second kappa shape index (κ2) is 6.10. The van der Waals surface area contributed by atoms with Crippen LogP contribution in [0.25, 0.3) is 0 Å². The Hall–Kier alpha value is -0.490. The first-order valence-corrected chi connectivity index (χ1v) is 7.48. The van der Waals surface area contributed by atoms with Gasteiger partial charge in [-0.05, 0) is 39.8 Å². The Morgan fingerprint density at radius 2 is 2.44 bits per heavy atom. The van der Waals surface area contributed by atoms with Crippen molar-refractivity contribution in [3.05, 3.63) is 16.1 Å². The van der Waals surface area contributed by atoms with E-state index in [4.69, 9.17) is 0 Å². The number of hydrogen-bond acceptors (Lipinski definition) is 5. The molecule has 5 heteroatoms. The lowest BCUT2D eigenvalue weighted by molar-refractivity contribution is -0.00933. The number of piperidine rings is 1. The zero-order chi connectivity index (χ0) is 13.0. The van der Waals surface area contributed by atoms with E-state index in [1.54, 1.807) is 11.3 Å². The van der Waals surface area contributed by atoms with Gasteiger partial charge in [-0.2, -0.15) is 0 Å². The van der Waals surface area contributed by atoms with Crippen LogP contribution in [0.4, 0.5) is 0 Å². The van der Waals surface area contributed by atoms with E-state index in [1.807, 2.05) is 5.51 Å². The molecular formula is C13H23N3OS. The second-order valence-electron chi connectivity index (χ2n) is 5.35. The highest BCUT2D eigenvalue weighted by Gasteiger charge is 2.30. The van der Waals surface area contributed by atoms with Gasteiger partial charge in [0.2, 0.25) is 0 Å². The third kappa shape index (κ3) is 3.75. The van der Waals surface area contributed by atoms with Crippen molar-refractivity contribution in [2.24, 2.45) is 0 Å². The molecule has 0 unspecified atom stereocenters. The topological polar surface area (TPSA) is 48.4 Å². The minimum Gasteiger partial charge on any atom is -0.387 e. The Kier molecular flexibility index (Phi) is 4.72. The predicted molar refractivity (Wildman–Crippen MR) is 75.1 cm³/mol. The summed E-state index contributed by atoms with van der Waals surface area (Å²) in [6, 6.07) is 0. The highest BCUT2D eigenvalue weighted by molar-refractivity contribution is 7.09. The Labute approximate surface area is 113 Å². The second-order valence-corrected chi connectivity index (χ2v) is 6.29. The standard InChI is InChI=1S/C13H23N3OS/c1-11-12(18-10-15-11)4-7-16(2)9-13(17)5-3-6-14-8-13/h10,14,17H,3-9H2,1-2H3/t13-/m1/s1. The Morgan fingerprint density at radius 3 is 3.06 bits per heavy atom. The molecule has 0 radical (unpaired) electrons. The molecular weight excluding hydrogens is 246 g/mol. The molecule has 1 aromatic heterocycles. The monoisotopic (exact) mass is 269 g/mol. The van der Waals surface area contributed by atoms with Crippen molar-refractivity contribution in [3.63, 3.8) is 0 Å². The molecule has 1 saturated heterocycles. The summed E-state index contributed by atoms with van der Waals surface area (Å²) in [5, 5.41) is 13.7. The van der Waals surface area contributed by atoms with Gasteiger partial charge in [0.05, 0.1) is 16.8 Å². The van der Waals surface area contributed by atoms with Gasteiger partial charge in [-0.25, -0.2) is 4.98 Å². The van der Waals surface area contributed by atoms with Crippen LogP contribution in [0.3, 0.4) is 0 Å². The van der Waals surface area contributed by atoms with Crippen molar-refractivity contribution < 1.29 is 5.11 Å². The highest BCUT2D eigenvalue weighted by Crippen LogP contribution is 2.18. The van der Waals surface area contributed by atoms with E-state index >= 15 is 0 Å². The van der Waals surface area contributed by atoms with E-state index in [9.17, 15) is 5.11 Å². The zero-order valence-corrected chi connectivity index (χ0v) is 12.1. The molecule has 0 spiro atoms. The first kappa shape index (κ1) is 13.9. The lowest BCUT2D eigenvalue weighted by Gasteiger charge is -2.36. The van der Waals surface area contributed by atoms with Crippen molar-refractivity contribution in [2.45, 2.75) is 31.8 Å². The number of β-amino-alcohol motifs (C(OH)–C–C–N with tert-alkyl or cyclic N) is 1. The Morgan fingerprint density at radius 1 is 1.61 bits per heavy atom. The van der Waals surface area contributed by atoms with Gasteiger partial charge in [0.1, 0.15) is 0 Å². The fourth-order valence-corrected chi connectivity index (χ4v) is 3.30. The Balaban J connectivity index is 1.78. The summed E-state index contributed by atoms with van der Waals surface area (Å²) in [4.78, 5) is 7.85. The molecule has 1 atom stereocenters. The quantitative estimate of drug-likeness (QED) is 0.838. The normalized spacial score (nSPS) is 24.7. The first-order chi connectivity index (χ1) is 8.59. The molecule has 2 heterocycles. The molecule has 102 valence electrons. The number of likely N-dealkylation sites (N-methyl/N-ethyl adjacent to an activating group) is 1. The van der Waals surface area contributed by atoms with E-state index in [-0.39, 0.29) is 0 Å². The largest absolute Gasteiger partial charge is 0.387 e. The summed E-state index contributed by atoms with van der Waals surface area (Å²) in [6.07, 6.45) is 3.00. The molecule has 18 heavy (non-hydrogen) atoms. The van der Waals surface area contributed by atoms with E-state index < -0.39 is 5.60 Å². The minimum absolute atomic E-state index is 0.546. The van der Waals surface area contributed by atoms with E-state index in [0.29, 0.717) is 0 Å². The number of aliphatic hydroxyl groups is 1. The number of aryl methyl sites for hydroxylation is 1. The Bertz CT molecular complexity index is 374. The van der Waals surface area contributed by atoms with Crippen LogP contribution < -0.4 is 5.32 Å². The molecule has 4 nitrogen and oxygen atoms in total. The number of thiazole rings is 1. The summed E-state index contributed by atoms with van der Waals surface area (Å²) < 4.78 is 0. The molecule has 0 bridgehead atoms. The fraction of sp³-hybridized carbons (Fsp3) is 0.769. The van der Waals surface area contributed by atoms with Crippen LogP contribution in [0.5, 0.6) is 0 Å². The smallest absolute Gasteiger partial charge is 0.0897 e. The molecule has 1 aliphatic heterocycles. The summed E-state index contributed by atoms with van der Waals surface area (Å²) in [5.74, 6) is 0. The molecule has 1 fully saturated rings. The summed E-state index contributed by atoms with van der Waals surface area (Å²) in [5.41, 5.74) is 2.50. The predicted octanol–water partition coefficient (Wildman–Crippen LogP) is 1.04. The van der Waals surface area contributed by atoms with Gasteiger partial charge in [-0.15, -0.1) is 11.3 Å². The van der Waals surface area contributed by atoms with Gasteiger partial charge >= 0.3 is 0 Å². The maximum atomic E-state index is 10.4. The van der Waals surface area contributed by atoms with Crippen LogP contribution in [0.15, 0.2) is 5.51 Å². The maximum absolute atomic E-state index is 10.4. The molecule has 1 aromatic rings. The number of rotatable bonds is 5. The summed E-state index contributed by atoms with van der Waals surface area (Å²) in [7, 11) is 2.09. The summed E-state index contributed by atoms with van der Waals surface area (Å²) in [6.45, 7) is 5.54. The van der Waals surface area contributed by atoms with Crippen LogP contribution in [0.1, 0.15) is 23.4 Å². The molecule has 0 amide bonds. The number of nitrogens with one attached hydrogen (secondary N) is 1. The van der Waals surface area contributed by atoms with Gasteiger partial charge in [0.25, 0.3) is 0 Å². The SMILES string of the molecule is Cc1ncsc1CCN(C)C[C@@]1(O)CCCNC1. The van der Waals surface area contributed by atoms with Crippen LogP contribution >= 0.6 is 11.3 Å². The van der Waals surface area contributed by atoms with Gasteiger partial charge in [-0.1, -0.05) is 0 Å². The van der Waals surface area contributed by atoms with Crippen LogP contribution in [0.2, 0.25) is 0 Å². The highest BCUT2D eigenvalue weighted by atomic mass is 32.1. The van der Waals surface area contributed by atoms with E-state index in [0.717, 1.165) is 51.1 Å². The molecule has 1 aliphatic rings. The van der Waals surface area contributed by atoms with Gasteiger partial charge in [0.15, 0.2) is 0 Å². The maximum Gasteiger partial charge on any atom is 0.0897 e. The van der Waals surface area contributed by atoms with Gasteiger partial charge in [0, 0.05) is 24.5 Å². The van der Waals surface area contributed by atoms with Crippen molar-refractivity contribution in [1.29, 1.82) is 0 Å². The molecule has 2 rings (SSSR count). The number of aromatic nitrogens is 1. The third-order valence-electron chi connectivity index (χ3n) is 3.58. The molecule has 2 N–H and O–H groups in total. The van der Waals surface area contributed by atoms with Crippen LogP contribution in [0, 0.1) is 6.92 Å². The molecule has 0 aromatic carbocycles.